The Labute approximate surface area is 178 Å². The number of hydrogen-bond donors (Lipinski definition) is 5. The molecule has 0 bridgehead atoms. The van der Waals surface area contributed by atoms with Crippen LogP contribution in [-0.4, -0.2) is 43.5 Å². The van der Waals surface area contributed by atoms with E-state index in [0.717, 1.165) is 11.1 Å². The molecule has 3 aliphatic carbocycles. The highest BCUT2D eigenvalue weighted by Gasteiger charge is 2.60. The highest BCUT2D eigenvalue weighted by atomic mass is 16.3. The Morgan fingerprint density at radius 2 is 1.77 bits per heavy atom. The van der Waals surface area contributed by atoms with E-state index in [4.69, 9.17) is 5.73 Å². The van der Waals surface area contributed by atoms with Crippen molar-refractivity contribution in [3.05, 3.63) is 45.2 Å². The van der Waals surface area contributed by atoms with Crippen molar-refractivity contribution in [2.45, 2.75) is 51.6 Å². The second kappa shape index (κ2) is 6.95. The van der Waals surface area contributed by atoms with Gasteiger partial charge in [0.05, 0.1) is 5.56 Å². The molecule has 1 fully saturated rings. The average Bonchev–Trinajstić information content (AvgIpc) is 2.70. The lowest BCUT2D eigenvalue weighted by molar-refractivity contribution is -0.147. The summed E-state index contributed by atoms with van der Waals surface area (Å²) in [5.41, 5.74) is 4.24. The van der Waals surface area contributed by atoms with Crippen molar-refractivity contribution in [1.29, 1.82) is 0 Å². The number of ketones is 2. The molecule has 0 aliphatic heterocycles. The summed E-state index contributed by atoms with van der Waals surface area (Å²) in [4.78, 5) is 37.4. The van der Waals surface area contributed by atoms with Gasteiger partial charge in [0.1, 0.15) is 22.8 Å². The van der Waals surface area contributed by atoms with E-state index in [9.17, 15) is 34.8 Å². The van der Waals surface area contributed by atoms with Gasteiger partial charge in [0.25, 0.3) is 5.91 Å². The van der Waals surface area contributed by atoms with Gasteiger partial charge in [-0.2, -0.15) is 0 Å². The molecule has 1 unspecified atom stereocenters. The summed E-state index contributed by atoms with van der Waals surface area (Å²) in [5, 5.41) is 43.6. The first-order chi connectivity index (χ1) is 14.6. The molecule has 0 spiro atoms. The van der Waals surface area contributed by atoms with E-state index in [1.165, 1.54) is 0 Å². The van der Waals surface area contributed by atoms with E-state index in [1.54, 1.807) is 0 Å². The lowest BCUT2D eigenvalue weighted by Crippen LogP contribution is -2.58. The minimum absolute atomic E-state index is 0.110. The lowest BCUT2D eigenvalue weighted by atomic mass is 9.59. The Kier molecular flexibility index (Phi) is 4.73. The number of primary amides is 1. The van der Waals surface area contributed by atoms with Crippen LogP contribution in [0.15, 0.2) is 23.0 Å². The van der Waals surface area contributed by atoms with Crippen LogP contribution in [0.2, 0.25) is 0 Å². The fourth-order valence-corrected chi connectivity index (χ4v) is 5.41. The van der Waals surface area contributed by atoms with Gasteiger partial charge in [0.15, 0.2) is 11.4 Å². The molecule has 1 aromatic rings. The summed E-state index contributed by atoms with van der Waals surface area (Å²) < 4.78 is 0. The molecule has 6 N–H and O–H groups in total. The molecule has 1 saturated carbocycles. The predicted octanol–water partition coefficient (Wildman–Crippen LogP) is 1.55. The van der Waals surface area contributed by atoms with Crippen LogP contribution in [0.4, 0.5) is 0 Å². The van der Waals surface area contributed by atoms with Crippen molar-refractivity contribution < 1.29 is 34.8 Å². The summed E-state index contributed by atoms with van der Waals surface area (Å²) in [6.45, 7) is 3.82. The Morgan fingerprint density at radius 1 is 1.13 bits per heavy atom. The van der Waals surface area contributed by atoms with E-state index < -0.39 is 52.0 Å². The molecular weight excluding hydrogens is 402 g/mol. The fraction of sp³-hybridized carbons (Fsp3) is 0.435. The van der Waals surface area contributed by atoms with E-state index in [1.807, 2.05) is 19.9 Å². The third-order valence-electron chi connectivity index (χ3n) is 7.00. The fourth-order valence-electron chi connectivity index (χ4n) is 5.41. The zero-order valence-electron chi connectivity index (χ0n) is 17.4. The molecule has 1 amide bonds. The Hall–Kier alpha value is -3.13. The smallest absolute Gasteiger partial charge is 0.255 e. The number of aryl methyl sites for hydroxylation is 2. The van der Waals surface area contributed by atoms with Crippen LogP contribution in [0.5, 0.6) is 5.75 Å². The van der Waals surface area contributed by atoms with Gasteiger partial charge >= 0.3 is 0 Å². The first-order valence-corrected chi connectivity index (χ1v) is 10.4. The highest BCUT2D eigenvalue weighted by Crippen LogP contribution is 2.52. The molecule has 3 aliphatic rings. The number of Topliss-reactive ketones (excluding diaryl/α,β-unsaturated/α-hetero) is 2. The van der Waals surface area contributed by atoms with Crippen LogP contribution in [0.3, 0.4) is 0 Å². The number of rotatable bonds is 3. The number of aromatic hydroxyl groups is 1. The van der Waals surface area contributed by atoms with E-state index in [0.29, 0.717) is 24.8 Å². The number of amides is 1. The van der Waals surface area contributed by atoms with Gasteiger partial charge in [0.2, 0.25) is 5.78 Å². The molecule has 1 aromatic carbocycles. The van der Waals surface area contributed by atoms with Gasteiger partial charge in [-0.25, -0.2) is 0 Å². The van der Waals surface area contributed by atoms with Crippen molar-refractivity contribution in [1.82, 2.24) is 0 Å². The van der Waals surface area contributed by atoms with E-state index in [2.05, 4.69) is 0 Å². The van der Waals surface area contributed by atoms with Crippen LogP contribution in [0.25, 0.3) is 5.76 Å². The molecule has 0 saturated heterocycles. The van der Waals surface area contributed by atoms with Gasteiger partial charge in [-0.15, -0.1) is 0 Å². The monoisotopic (exact) mass is 427 g/mol. The maximum atomic E-state index is 13.4. The minimum atomic E-state index is -2.53. The molecule has 0 radical (unpaired) electrons. The number of carbonyl (C=O) groups excluding carboxylic acids is 3. The zero-order chi connectivity index (χ0) is 22.8. The molecular formula is C23H25NO7. The Bertz CT molecular complexity index is 1110. The maximum Gasteiger partial charge on any atom is 0.255 e. The molecule has 8 heteroatoms. The molecule has 8 nitrogen and oxygen atoms in total. The highest BCUT2D eigenvalue weighted by molar-refractivity contribution is 6.22. The number of aliphatic hydroxyl groups excluding tert-OH is 2. The summed E-state index contributed by atoms with van der Waals surface area (Å²) in [5.74, 6) is -5.98. The Morgan fingerprint density at radius 3 is 2.35 bits per heavy atom. The number of phenols is 1. The second-order valence-electron chi connectivity index (χ2n) is 8.51. The van der Waals surface area contributed by atoms with Crippen molar-refractivity contribution in [3.63, 3.8) is 0 Å². The average molecular weight is 427 g/mol. The van der Waals surface area contributed by atoms with Crippen molar-refractivity contribution >= 4 is 23.2 Å². The Balaban J connectivity index is 1.96. The lowest BCUT2D eigenvalue weighted by Gasteiger charge is -2.46. The van der Waals surface area contributed by atoms with Crippen LogP contribution in [0, 0.1) is 11.8 Å². The van der Waals surface area contributed by atoms with Gasteiger partial charge < -0.3 is 26.2 Å². The normalized spacial score (nSPS) is 27.7. The predicted molar refractivity (Wildman–Crippen MR) is 110 cm³/mol. The topological polar surface area (TPSA) is 158 Å². The molecule has 0 aromatic heterocycles. The molecule has 0 heterocycles. The first-order valence-electron chi connectivity index (χ1n) is 10.4. The van der Waals surface area contributed by atoms with E-state index in [-0.39, 0.29) is 29.7 Å². The third-order valence-corrected chi connectivity index (χ3v) is 7.00. The quantitative estimate of drug-likeness (QED) is 0.458. The van der Waals surface area contributed by atoms with Crippen molar-refractivity contribution in [2.24, 2.45) is 17.6 Å². The van der Waals surface area contributed by atoms with Gasteiger partial charge in [0, 0.05) is 17.9 Å². The number of carbonyl (C=O) groups is 3. The molecule has 4 rings (SSSR count). The van der Waals surface area contributed by atoms with Crippen molar-refractivity contribution in [3.8, 4) is 5.75 Å². The largest absolute Gasteiger partial charge is 0.508 e. The summed E-state index contributed by atoms with van der Waals surface area (Å²) >= 11 is 0. The van der Waals surface area contributed by atoms with Gasteiger partial charge in [-0.05, 0) is 48.3 Å². The summed E-state index contributed by atoms with van der Waals surface area (Å²) in [7, 11) is 0. The number of aliphatic hydroxyl groups is 3. The summed E-state index contributed by atoms with van der Waals surface area (Å²) in [6.07, 6.45) is 1.35. The van der Waals surface area contributed by atoms with Crippen LogP contribution in [0.1, 0.15) is 48.9 Å². The minimum Gasteiger partial charge on any atom is -0.508 e. The van der Waals surface area contributed by atoms with Crippen LogP contribution >= 0.6 is 0 Å². The third kappa shape index (κ3) is 2.67. The molecule has 3 atom stereocenters. The number of phenolic OH excluding ortho intramolecular Hbond substituents is 1. The second-order valence-corrected chi connectivity index (χ2v) is 8.51. The standard InChI is InChI=1S/C23H25NO7/c1-3-9-5-10(4-2)18(26)16-13(9)7-11-6-12-8-14(25)17(22(24)30)21(29)23(12,31)20(28)15(11)19(16)27/h5,11-12,26-27,29,31H,3-4,6-8H2,1-2H3,(H2,24,30)/t11-,12+,23?/m1/s1. The first kappa shape index (κ1) is 21.1. The van der Waals surface area contributed by atoms with Gasteiger partial charge in [-0.3, -0.25) is 14.4 Å². The SMILES string of the molecule is CCc1cc(CC)c2c(c1O)C(O)=C1C(=O)C3(O)C(O)=C(C(N)=O)C(=O)C[C@@H]3C[C@@H]1C2. The van der Waals surface area contributed by atoms with E-state index >= 15 is 0 Å². The number of fused-ring (bicyclic) bond motifs is 3. The van der Waals surface area contributed by atoms with Gasteiger partial charge in [-0.1, -0.05) is 19.9 Å². The number of nitrogens with two attached hydrogens (primary N) is 1. The van der Waals surface area contributed by atoms with Crippen LogP contribution in [-0.2, 0) is 33.6 Å². The number of benzene rings is 1. The molecule has 164 valence electrons. The van der Waals surface area contributed by atoms with Crippen molar-refractivity contribution in [2.75, 3.05) is 0 Å². The van der Waals surface area contributed by atoms with Crippen LogP contribution < -0.4 is 5.73 Å². The number of hydrogen-bond acceptors (Lipinski definition) is 7. The molecule has 31 heavy (non-hydrogen) atoms. The zero-order valence-corrected chi connectivity index (χ0v) is 17.4. The maximum absolute atomic E-state index is 13.4. The summed E-state index contributed by atoms with van der Waals surface area (Å²) in [6, 6.07) is 1.89.